The minimum absolute atomic E-state index is 0.134. The maximum atomic E-state index is 11.8. The Balaban J connectivity index is 2.37. The van der Waals surface area contributed by atoms with E-state index < -0.39 is 18.2 Å². The van der Waals surface area contributed by atoms with Crippen molar-refractivity contribution in [2.75, 3.05) is 13.2 Å². The molecule has 1 amide bonds. The molecule has 3 atom stereocenters. The summed E-state index contributed by atoms with van der Waals surface area (Å²) in [4.78, 5) is 22.4. The van der Waals surface area contributed by atoms with E-state index in [1.165, 1.54) is 0 Å². The van der Waals surface area contributed by atoms with Crippen molar-refractivity contribution in [2.45, 2.75) is 45.9 Å². The van der Waals surface area contributed by atoms with Crippen LogP contribution in [0, 0.1) is 11.8 Å². The first-order chi connectivity index (χ1) is 8.82. The van der Waals surface area contributed by atoms with Crippen molar-refractivity contribution >= 4 is 11.9 Å². The predicted molar refractivity (Wildman–Crippen MR) is 68.7 cm³/mol. The number of rotatable bonds is 8. The maximum Gasteiger partial charge on any atom is 0.336 e. The molecule has 0 radical (unpaired) electrons. The highest BCUT2D eigenvalue weighted by Gasteiger charge is 2.51. The standard InChI is InChI=1S/C13H23NO5/c1-7(2)5-18-6-9(8(3)4)14-12(15)10-11(19-10)13(16)17/h7-11H,5-6H2,1-4H3,(H,14,15)(H,16,17)/t9?,10-,11-/m0/s1. The Bertz CT molecular complexity index is 329. The number of hydrogen-bond acceptors (Lipinski definition) is 4. The molecule has 0 aromatic heterocycles. The Morgan fingerprint density at radius 3 is 2.26 bits per heavy atom. The van der Waals surface area contributed by atoms with Gasteiger partial charge in [-0.3, -0.25) is 4.79 Å². The lowest BCUT2D eigenvalue weighted by Crippen LogP contribution is -2.44. The maximum absolute atomic E-state index is 11.8. The van der Waals surface area contributed by atoms with Gasteiger partial charge in [-0.15, -0.1) is 0 Å². The van der Waals surface area contributed by atoms with E-state index in [1.807, 2.05) is 13.8 Å². The molecule has 0 saturated carbocycles. The summed E-state index contributed by atoms with van der Waals surface area (Å²) < 4.78 is 10.3. The lowest BCUT2D eigenvalue weighted by atomic mass is 10.0. The van der Waals surface area contributed by atoms with Crippen molar-refractivity contribution in [1.82, 2.24) is 5.32 Å². The normalized spacial score (nSPS) is 23.5. The Morgan fingerprint density at radius 1 is 1.21 bits per heavy atom. The zero-order chi connectivity index (χ0) is 14.6. The van der Waals surface area contributed by atoms with Crippen LogP contribution in [0.2, 0.25) is 0 Å². The molecule has 1 saturated heterocycles. The van der Waals surface area contributed by atoms with Crippen LogP contribution in [0.3, 0.4) is 0 Å². The molecule has 0 aliphatic carbocycles. The number of carbonyl (C=O) groups is 2. The fourth-order valence-corrected chi connectivity index (χ4v) is 1.60. The highest BCUT2D eigenvalue weighted by molar-refractivity contribution is 5.92. The Hall–Kier alpha value is -1.14. The van der Waals surface area contributed by atoms with Gasteiger partial charge in [0, 0.05) is 6.61 Å². The topological polar surface area (TPSA) is 88.2 Å². The molecule has 1 fully saturated rings. The SMILES string of the molecule is CC(C)COCC(NC(=O)[C@H]1O[C@@H]1C(=O)O)C(C)C. The van der Waals surface area contributed by atoms with Crippen LogP contribution in [-0.2, 0) is 19.1 Å². The molecular weight excluding hydrogens is 250 g/mol. The van der Waals surface area contributed by atoms with Crippen molar-refractivity contribution in [3.63, 3.8) is 0 Å². The molecule has 0 aromatic rings. The fourth-order valence-electron chi connectivity index (χ4n) is 1.60. The molecule has 0 aromatic carbocycles. The van der Waals surface area contributed by atoms with Crippen molar-refractivity contribution in [3.05, 3.63) is 0 Å². The second-order valence-electron chi connectivity index (χ2n) is 5.61. The Kier molecular flexibility index (Phi) is 5.75. The molecule has 19 heavy (non-hydrogen) atoms. The van der Waals surface area contributed by atoms with Gasteiger partial charge in [0.1, 0.15) is 0 Å². The third kappa shape index (κ3) is 5.16. The Morgan fingerprint density at radius 2 is 1.84 bits per heavy atom. The number of carboxylic acids is 1. The van der Waals surface area contributed by atoms with Crippen molar-refractivity contribution in [3.8, 4) is 0 Å². The van der Waals surface area contributed by atoms with Gasteiger partial charge in [0.25, 0.3) is 5.91 Å². The van der Waals surface area contributed by atoms with Gasteiger partial charge < -0.3 is 19.9 Å². The zero-order valence-electron chi connectivity index (χ0n) is 11.9. The van der Waals surface area contributed by atoms with Gasteiger partial charge in [-0.2, -0.15) is 0 Å². The van der Waals surface area contributed by atoms with E-state index in [1.54, 1.807) is 0 Å². The average molecular weight is 273 g/mol. The highest BCUT2D eigenvalue weighted by Crippen LogP contribution is 2.22. The first-order valence-electron chi connectivity index (χ1n) is 6.59. The molecule has 110 valence electrons. The lowest BCUT2D eigenvalue weighted by Gasteiger charge is -2.22. The molecule has 2 N–H and O–H groups in total. The molecule has 1 aliphatic rings. The van der Waals surface area contributed by atoms with E-state index >= 15 is 0 Å². The van der Waals surface area contributed by atoms with E-state index in [-0.39, 0.29) is 17.9 Å². The van der Waals surface area contributed by atoms with E-state index in [0.29, 0.717) is 19.1 Å². The van der Waals surface area contributed by atoms with Crippen LogP contribution in [0.25, 0.3) is 0 Å². The van der Waals surface area contributed by atoms with Gasteiger partial charge in [0.2, 0.25) is 0 Å². The summed E-state index contributed by atoms with van der Waals surface area (Å²) in [6.45, 7) is 9.12. The molecule has 6 heteroatoms. The summed E-state index contributed by atoms with van der Waals surface area (Å²) >= 11 is 0. The predicted octanol–water partition coefficient (Wildman–Crippen LogP) is 0.652. The first-order valence-corrected chi connectivity index (χ1v) is 6.59. The van der Waals surface area contributed by atoms with E-state index in [4.69, 9.17) is 14.6 Å². The summed E-state index contributed by atoms with van der Waals surface area (Å²) in [5, 5.41) is 11.5. The third-order valence-electron chi connectivity index (χ3n) is 2.87. The second-order valence-corrected chi connectivity index (χ2v) is 5.61. The first kappa shape index (κ1) is 15.9. The molecule has 1 rings (SSSR count). The van der Waals surface area contributed by atoms with Gasteiger partial charge in [-0.1, -0.05) is 27.7 Å². The summed E-state index contributed by atoms with van der Waals surface area (Å²) in [7, 11) is 0. The van der Waals surface area contributed by atoms with Crippen LogP contribution in [-0.4, -0.2) is 48.4 Å². The zero-order valence-corrected chi connectivity index (χ0v) is 11.9. The fraction of sp³-hybridized carbons (Fsp3) is 0.846. The number of carbonyl (C=O) groups excluding carboxylic acids is 1. The molecule has 1 aliphatic heterocycles. The van der Waals surface area contributed by atoms with Crippen molar-refractivity contribution in [1.29, 1.82) is 0 Å². The molecule has 0 spiro atoms. The van der Waals surface area contributed by atoms with Crippen LogP contribution in [0.5, 0.6) is 0 Å². The smallest absolute Gasteiger partial charge is 0.336 e. The summed E-state index contributed by atoms with van der Waals surface area (Å²) in [5.74, 6) is -0.832. The van der Waals surface area contributed by atoms with E-state index in [0.717, 1.165) is 0 Å². The minimum atomic E-state index is -1.10. The quantitative estimate of drug-likeness (QED) is 0.634. The van der Waals surface area contributed by atoms with E-state index in [2.05, 4.69) is 19.2 Å². The lowest BCUT2D eigenvalue weighted by molar-refractivity contribution is -0.138. The third-order valence-corrected chi connectivity index (χ3v) is 2.87. The molecular formula is C13H23NO5. The van der Waals surface area contributed by atoms with Crippen LogP contribution in [0.1, 0.15) is 27.7 Å². The van der Waals surface area contributed by atoms with Crippen LogP contribution < -0.4 is 5.32 Å². The summed E-state index contributed by atoms with van der Waals surface area (Å²) in [6.07, 6.45) is -1.85. The largest absolute Gasteiger partial charge is 0.479 e. The number of carboxylic acid groups (broad SMARTS) is 1. The van der Waals surface area contributed by atoms with Crippen molar-refractivity contribution < 1.29 is 24.2 Å². The summed E-state index contributed by atoms with van der Waals surface area (Å²) in [6, 6.07) is -0.134. The summed E-state index contributed by atoms with van der Waals surface area (Å²) in [5.41, 5.74) is 0. The van der Waals surface area contributed by atoms with Crippen LogP contribution in [0.15, 0.2) is 0 Å². The number of ether oxygens (including phenoxy) is 2. The van der Waals surface area contributed by atoms with Gasteiger partial charge in [-0.05, 0) is 11.8 Å². The molecule has 1 unspecified atom stereocenters. The molecule has 6 nitrogen and oxygen atoms in total. The Labute approximate surface area is 113 Å². The number of aliphatic carboxylic acids is 1. The van der Waals surface area contributed by atoms with Gasteiger partial charge >= 0.3 is 5.97 Å². The number of epoxide rings is 1. The van der Waals surface area contributed by atoms with Crippen molar-refractivity contribution in [2.24, 2.45) is 11.8 Å². The van der Waals surface area contributed by atoms with Gasteiger partial charge in [0.05, 0.1) is 12.6 Å². The average Bonchev–Trinajstić information content (AvgIpc) is 3.06. The number of nitrogens with one attached hydrogen (secondary N) is 1. The minimum Gasteiger partial charge on any atom is -0.479 e. The molecule has 0 bridgehead atoms. The van der Waals surface area contributed by atoms with E-state index in [9.17, 15) is 9.59 Å². The highest BCUT2D eigenvalue weighted by atomic mass is 16.6. The van der Waals surface area contributed by atoms with Crippen LogP contribution in [0.4, 0.5) is 0 Å². The number of amides is 1. The molecule has 1 heterocycles. The van der Waals surface area contributed by atoms with Crippen LogP contribution >= 0.6 is 0 Å². The number of hydrogen-bond donors (Lipinski definition) is 2. The monoisotopic (exact) mass is 273 g/mol. The van der Waals surface area contributed by atoms with Gasteiger partial charge in [0.15, 0.2) is 12.2 Å². The second kappa shape index (κ2) is 6.86. The van der Waals surface area contributed by atoms with Gasteiger partial charge in [-0.25, -0.2) is 4.79 Å².